The van der Waals surface area contributed by atoms with E-state index in [9.17, 15) is 0 Å². The molecule has 3 rings (SSSR count). The smallest absolute Gasteiger partial charge is 0.163 e. The standard InChI is InChI=1S/C17H14BrN3/c1-11-7-8-13(14(18)9-11)17-20-15(10-16(19)21-17)12-5-3-2-4-6-12/h2-10H,1H3,(H2,19,20,21). The van der Waals surface area contributed by atoms with Crippen LogP contribution in [-0.2, 0) is 0 Å². The molecule has 104 valence electrons. The van der Waals surface area contributed by atoms with E-state index >= 15 is 0 Å². The van der Waals surface area contributed by atoms with Gasteiger partial charge in [0.2, 0.25) is 0 Å². The second kappa shape index (κ2) is 5.66. The number of benzene rings is 2. The van der Waals surface area contributed by atoms with E-state index in [0.717, 1.165) is 21.3 Å². The van der Waals surface area contributed by atoms with Gasteiger partial charge in [-0.25, -0.2) is 9.97 Å². The molecule has 0 bridgehead atoms. The minimum atomic E-state index is 0.464. The van der Waals surface area contributed by atoms with Crippen LogP contribution in [0.2, 0.25) is 0 Å². The largest absolute Gasteiger partial charge is 0.384 e. The van der Waals surface area contributed by atoms with Crippen LogP contribution < -0.4 is 5.73 Å². The monoisotopic (exact) mass is 339 g/mol. The Morgan fingerprint density at radius 2 is 1.71 bits per heavy atom. The van der Waals surface area contributed by atoms with E-state index in [0.29, 0.717) is 11.6 Å². The molecule has 0 unspecified atom stereocenters. The lowest BCUT2D eigenvalue weighted by Crippen LogP contribution is -1.98. The van der Waals surface area contributed by atoms with Crippen molar-refractivity contribution in [3.05, 3.63) is 64.6 Å². The Morgan fingerprint density at radius 1 is 0.952 bits per heavy atom. The van der Waals surface area contributed by atoms with Crippen LogP contribution in [0.4, 0.5) is 5.82 Å². The molecule has 0 radical (unpaired) electrons. The lowest BCUT2D eigenvalue weighted by atomic mass is 10.1. The van der Waals surface area contributed by atoms with E-state index in [1.165, 1.54) is 5.56 Å². The molecule has 3 nitrogen and oxygen atoms in total. The van der Waals surface area contributed by atoms with Gasteiger partial charge in [-0.1, -0.05) is 52.3 Å². The molecule has 1 aromatic heterocycles. The lowest BCUT2D eigenvalue weighted by Gasteiger charge is -2.08. The van der Waals surface area contributed by atoms with Crippen molar-refractivity contribution >= 4 is 21.7 Å². The summed E-state index contributed by atoms with van der Waals surface area (Å²) >= 11 is 3.57. The van der Waals surface area contributed by atoms with Crippen molar-refractivity contribution in [2.24, 2.45) is 0 Å². The number of aryl methyl sites for hydroxylation is 1. The number of rotatable bonds is 2. The highest BCUT2D eigenvalue weighted by Gasteiger charge is 2.10. The Hall–Kier alpha value is -2.20. The summed E-state index contributed by atoms with van der Waals surface area (Å²) in [5.74, 6) is 1.09. The average Bonchev–Trinajstić information content (AvgIpc) is 2.47. The third-order valence-corrected chi connectivity index (χ3v) is 3.84. The fourth-order valence-corrected chi connectivity index (χ4v) is 2.82. The third-order valence-electron chi connectivity index (χ3n) is 3.18. The van der Waals surface area contributed by atoms with Crippen LogP contribution in [0.1, 0.15) is 5.56 Å². The summed E-state index contributed by atoms with van der Waals surface area (Å²) in [6, 6.07) is 17.8. The number of hydrogen-bond donors (Lipinski definition) is 1. The zero-order chi connectivity index (χ0) is 14.8. The number of nitrogens with two attached hydrogens (primary N) is 1. The normalized spacial score (nSPS) is 10.6. The number of nitrogens with zero attached hydrogens (tertiary/aromatic N) is 2. The van der Waals surface area contributed by atoms with Gasteiger partial charge in [-0.15, -0.1) is 0 Å². The Morgan fingerprint density at radius 3 is 2.43 bits per heavy atom. The molecule has 0 atom stereocenters. The molecule has 21 heavy (non-hydrogen) atoms. The van der Waals surface area contributed by atoms with Crippen LogP contribution in [0.3, 0.4) is 0 Å². The zero-order valence-electron chi connectivity index (χ0n) is 11.5. The highest BCUT2D eigenvalue weighted by atomic mass is 79.9. The molecular weight excluding hydrogens is 326 g/mol. The molecule has 0 aliphatic rings. The number of aromatic nitrogens is 2. The highest BCUT2D eigenvalue weighted by molar-refractivity contribution is 9.10. The molecule has 4 heteroatoms. The van der Waals surface area contributed by atoms with Crippen molar-refractivity contribution in [2.75, 3.05) is 5.73 Å². The minimum absolute atomic E-state index is 0.464. The SMILES string of the molecule is Cc1ccc(-c2nc(N)cc(-c3ccccc3)n2)c(Br)c1. The van der Waals surface area contributed by atoms with Crippen LogP contribution >= 0.6 is 15.9 Å². The minimum Gasteiger partial charge on any atom is -0.384 e. The fraction of sp³-hybridized carbons (Fsp3) is 0.0588. The summed E-state index contributed by atoms with van der Waals surface area (Å²) in [5, 5.41) is 0. The van der Waals surface area contributed by atoms with Gasteiger partial charge in [0.05, 0.1) is 5.69 Å². The first kappa shape index (κ1) is 13.8. The average molecular weight is 340 g/mol. The molecule has 3 aromatic rings. The predicted molar refractivity (Wildman–Crippen MR) is 89.8 cm³/mol. The first-order valence-corrected chi connectivity index (χ1v) is 7.39. The van der Waals surface area contributed by atoms with E-state index < -0.39 is 0 Å². The molecule has 0 saturated heterocycles. The van der Waals surface area contributed by atoms with Crippen molar-refractivity contribution in [3.8, 4) is 22.6 Å². The van der Waals surface area contributed by atoms with Crippen LogP contribution in [0.5, 0.6) is 0 Å². The number of nitrogen functional groups attached to an aromatic ring is 1. The molecule has 1 heterocycles. The van der Waals surface area contributed by atoms with Gasteiger partial charge >= 0.3 is 0 Å². The van der Waals surface area contributed by atoms with Crippen molar-refractivity contribution in [3.63, 3.8) is 0 Å². The number of hydrogen-bond acceptors (Lipinski definition) is 3. The summed E-state index contributed by atoms with van der Waals surface area (Å²) in [5.41, 5.74) is 9.91. The Balaban J connectivity index is 2.14. The Bertz CT molecular complexity index is 785. The molecule has 0 saturated carbocycles. The van der Waals surface area contributed by atoms with Gasteiger partial charge < -0.3 is 5.73 Å². The van der Waals surface area contributed by atoms with Gasteiger partial charge in [-0.05, 0) is 24.6 Å². The number of halogens is 1. The Labute approximate surface area is 132 Å². The molecule has 2 aromatic carbocycles. The van der Waals surface area contributed by atoms with Gasteiger partial charge in [0.15, 0.2) is 5.82 Å². The second-order valence-corrected chi connectivity index (χ2v) is 5.71. The van der Waals surface area contributed by atoms with Crippen molar-refractivity contribution < 1.29 is 0 Å². The van der Waals surface area contributed by atoms with Gasteiger partial charge in [0.1, 0.15) is 5.82 Å². The second-order valence-electron chi connectivity index (χ2n) is 4.85. The molecular formula is C17H14BrN3. The van der Waals surface area contributed by atoms with E-state index in [1.54, 1.807) is 6.07 Å². The summed E-state index contributed by atoms with van der Waals surface area (Å²) < 4.78 is 0.965. The van der Waals surface area contributed by atoms with Gasteiger partial charge in [-0.3, -0.25) is 0 Å². The maximum atomic E-state index is 5.95. The van der Waals surface area contributed by atoms with Crippen LogP contribution in [0.15, 0.2) is 59.1 Å². The lowest BCUT2D eigenvalue weighted by molar-refractivity contribution is 1.18. The summed E-state index contributed by atoms with van der Waals surface area (Å²) in [6.45, 7) is 2.05. The van der Waals surface area contributed by atoms with Crippen molar-refractivity contribution in [1.82, 2.24) is 9.97 Å². The number of anilines is 1. The van der Waals surface area contributed by atoms with E-state index in [1.807, 2.05) is 55.5 Å². The van der Waals surface area contributed by atoms with Crippen LogP contribution in [0, 0.1) is 6.92 Å². The topological polar surface area (TPSA) is 51.8 Å². The molecule has 0 aliphatic heterocycles. The zero-order valence-corrected chi connectivity index (χ0v) is 13.1. The first-order chi connectivity index (χ1) is 10.1. The molecule has 0 fully saturated rings. The van der Waals surface area contributed by atoms with Crippen molar-refractivity contribution in [1.29, 1.82) is 0 Å². The van der Waals surface area contributed by atoms with E-state index in [-0.39, 0.29) is 0 Å². The van der Waals surface area contributed by atoms with Gasteiger partial charge in [-0.2, -0.15) is 0 Å². The maximum absolute atomic E-state index is 5.95. The third kappa shape index (κ3) is 2.95. The van der Waals surface area contributed by atoms with Gasteiger partial charge in [0.25, 0.3) is 0 Å². The van der Waals surface area contributed by atoms with Crippen LogP contribution in [0.25, 0.3) is 22.6 Å². The maximum Gasteiger partial charge on any atom is 0.163 e. The fourth-order valence-electron chi connectivity index (χ4n) is 2.14. The van der Waals surface area contributed by atoms with E-state index in [2.05, 4.69) is 25.9 Å². The summed E-state index contributed by atoms with van der Waals surface area (Å²) in [7, 11) is 0. The summed E-state index contributed by atoms with van der Waals surface area (Å²) in [6.07, 6.45) is 0. The molecule has 2 N–H and O–H groups in total. The van der Waals surface area contributed by atoms with E-state index in [4.69, 9.17) is 5.73 Å². The quantitative estimate of drug-likeness (QED) is 0.749. The molecule has 0 aliphatic carbocycles. The van der Waals surface area contributed by atoms with Crippen LogP contribution in [-0.4, -0.2) is 9.97 Å². The summed E-state index contributed by atoms with van der Waals surface area (Å²) in [4.78, 5) is 9.00. The molecule has 0 spiro atoms. The van der Waals surface area contributed by atoms with Gasteiger partial charge in [0, 0.05) is 21.7 Å². The first-order valence-electron chi connectivity index (χ1n) is 6.60. The van der Waals surface area contributed by atoms with Crippen molar-refractivity contribution in [2.45, 2.75) is 6.92 Å². The Kier molecular flexibility index (Phi) is 3.71. The highest BCUT2D eigenvalue weighted by Crippen LogP contribution is 2.29. The molecule has 0 amide bonds. The predicted octanol–water partition coefficient (Wildman–Crippen LogP) is 4.46.